The molecule has 0 saturated heterocycles. The number of nitrogens with zero attached hydrogens (tertiary/aromatic N) is 2. The zero-order chi connectivity index (χ0) is 16.1. The van der Waals surface area contributed by atoms with Crippen molar-refractivity contribution in [3.63, 3.8) is 0 Å². The van der Waals surface area contributed by atoms with Gasteiger partial charge in [-0.2, -0.15) is 0 Å². The number of amides is 1. The molecule has 0 saturated carbocycles. The second-order valence-electron chi connectivity index (χ2n) is 4.95. The first kappa shape index (κ1) is 15.4. The molecule has 3 aromatic rings. The third kappa shape index (κ3) is 3.46. The molecule has 0 spiro atoms. The quantitative estimate of drug-likeness (QED) is 0.553. The van der Waals surface area contributed by atoms with Crippen LogP contribution < -0.4 is 5.32 Å². The van der Waals surface area contributed by atoms with E-state index in [1.54, 1.807) is 6.08 Å². The van der Waals surface area contributed by atoms with E-state index in [0.29, 0.717) is 11.7 Å². The normalized spacial score (nSPS) is 10.6. The average molecular weight is 323 g/mol. The molecule has 0 bridgehead atoms. The molecule has 0 aliphatic heterocycles. The van der Waals surface area contributed by atoms with Crippen molar-refractivity contribution in [2.75, 3.05) is 16.8 Å². The van der Waals surface area contributed by atoms with Gasteiger partial charge in [-0.25, -0.2) is 4.98 Å². The first-order chi connectivity index (χ1) is 11.3. The van der Waals surface area contributed by atoms with Crippen LogP contribution in [0.2, 0.25) is 0 Å². The third-order valence-corrected chi connectivity index (χ3v) is 4.23. The number of rotatable bonds is 6. The van der Waals surface area contributed by atoms with Crippen LogP contribution in [-0.2, 0) is 4.79 Å². The van der Waals surface area contributed by atoms with Gasteiger partial charge in [0.1, 0.15) is 0 Å². The minimum Gasteiger partial charge on any atom is -0.295 e. The number of benzene rings is 2. The lowest BCUT2D eigenvalue weighted by Gasteiger charge is -2.10. The van der Waals surface area contributed by atoms with Gasteiger partial charge in [0.25, 0.3) is 0 Å². The van der Waals surface area contributed by atoms with Crippen LogP contribution in [0.4, 0.5) is 5.95 Å². The van der Waals surface area contributed by atoms with E-state index in [4.69, 9.17) is 0 Å². The van der Waals surface area contributed by atoms with E-state index < -0.39 is 0 Å². The van der Waals surface area contributed by atoms with Crippen molar-refractivity contribution in [2.24, 2.45) is 0 Å². The number of hydrogen-bond acceptors (Lipinski definition) is 3. The van der Waals surface area contributed by atoms with E-state index >= 15 is 0 Å². The van der Waals surface area contributed by atoms with Crippen LogP contribution in [0.5, 0.6) is 0 Å². The summed E-state index contributed by atoms with van der Waals surface area (Å²) in [5.41, 5.74) is 2.79. The Balaban J connectivity index is 1.96. The molecule has 1 amide bonds. The molecule has 0 aliphatic rings. The van der Waals surface area contributed by atoms with Crippen LogP contribution in [-0.4, -0.2) is 27.0 Å². The lowest BCUT2D eigenvalue weighted by molar-refractivity contribution is -0.113. The highest BCUT2D eigenvalue weighted by atomic mass is 32.2. The molecular weight excluding hydrogens is 306 g/mol. The molecule has 23 heavy (non-hydrogen) atoms. The fourth-order valence-corrected chi connectivity index (χ4v) is 2.89. The molecule has 0 unspecified atom stereocenters. The Labute approximate surface area is 139 Å². The largest absolute Gasteiger partial charge is 0.295 e. The van der Waals surface area contributed by atoms with E-state index in [1.807, 2.05) is 59.2 Å². The van der Waals surface area contributed by atoms with Gasteiger partial charge in [-0.05, 0) is 24.3 Å². The van der Waals surface area contributed by atoms with Crippen molar-refractivity contribution >= 4 is 34.7 Å². The topological polar surface area (TPSA) is 46.9 Å². The number of fused-ring (bicyclic) bond motifs is 1. The fourth-order valence-electron chi connectivity index (χ4n) is 2.34. The third-order valence-electron chi connectivity index (χ3n) is 3.30. The molecule has 0 radical (unpaired) electrons. The molecule has 0 atom stereocenters. The summed E-state index contributed by atoms with van der Waals surface area (Å²) in [7, 11) is 0. The van der Waals surface area contributed by atoms with Crippen LogP contribution in [0.1, 0.15) is 0 Å². The van der Waals surface area contributed by atoms with Gasteiger partial charge < -0.3 is 0 Å². The van der Waals surface area contributed by atoms with Crippen molar-refractivity contribution in [1.82, 2.24) is 9.55 Å². The van der Waals surface area contributed by atoms with Gasteiger partial charge in [-0.15, -0.1) is 18.3 Å². The Morgan fingerprint density at radius 2 is 1.91 bits per heavy atom. The smallest absolute Gasteiger partial charge is 0.236 e. The van der Waals surface area contributed by atoms with Gasteiger partial charge in [0.2, 0.25) is 11.9 Å². The SMILES string of the molecule is C=CCSCC(=O)Nc1nc2ccccc2n1-c1ccccc1. The van der Waals surface area contributed by atoms with Gasteiger partial charge >= 0.3 is 0 Å². The first-order valence-corrected chi connectivity index (χ1v) is 8.46. The molecular formula is C18H17N3OS. The molecule has 4 nitrogen and oxygen atoms in total. The lowest BCUT2D eigenvalue weighted by atomic mass is 10.3. The maximum absolute atomic E-state index is 12.1. The molecule has 0 aliphatic carbocycles. The number of aromatic nitrogens is 2. The number of carbonyl (C=O) groups is 1. The van der Waals surface area contributed by atoms with Crippen molar-refractivity contribution in [3.8, 4) is 5.69 Å². The average Bonchev–Trinajstić information content (AvgIpc) is 2.93. The standard InChI is InChI=1S/C18H17N3OS/c1-2-12-23-13-17(22)20-18-19-15-10-6-7-11-16(15)21(18)14-8-4-3-5-9-14/h2-11H,1,12-13H2,(H,19,20,22). The van der Waals surface area contributed by atoms with Crippen LogP contribution >= 0.6 is 11.8 Å². The summed E-state index contributed by atoms with van der Waals surface area (Å²) < 4.78 is 1.96. The minimum atomic E-state index is -0.0654. The fraction of sp³-hybridized carbons (Fsp3) is 0.111. The summed E-state index contributed by atoms with van der Waals surface area (Å²) in [4.78, 5) is 16.7. The summed E-state index contributed by atoms with van der Waals surface area (Å²) in [5.74, 6) is 1.61. The van der Waals surface area contributed by atoms with Crippen LogP contribution in [0.15, 0.2) is 67.3 Å². The monoisotopic (exact) mass is 323 g/mol. The van der Waals surface area contributed by atoms with Gasteiger partial charge in [0, 0.05) is 11.4 Å². The second-order valence-corrected chi connectivity index (χ2v) is 5.98. The predicted molar refractivity (Wildman–Crippen MR) is 97.2 cm³/mol. The molecule has 116 valence electrons. The Morgan fingerprint density at radius 1 is 1.17 bits per heavy atom. The van der Waals surface area contributed by atoms with Crippen molar-refractivity contribution in [1.29, 1.82) is 0 Å². The van der Waals surface area contributed by atoms with Crippen LogP contribution in [0.3, 0.4) is 0 Å². The number of anilines is 1. The van der Waals surface area contributed by atoms with Gasteiger partial charge in [-0.3, -0.25) is 14.7 Å². The van der Waals surface area contributed by atoms with E-state index in [9.17, 15) is 4.79 Å². The van der Waals surface area contributed by atoms with Crippen LogP contribution in [0.25, 0.3) is 16.7 Å². The highest BCUT2D eigenvalue weighted by molar-refractivity contribution is 8.00. The predicted octanol–water partition coefficient (Wildman–Crippen LogP) is 3.88. The number of carbonyl (C=O) groups excluding carboxylic acids is 1. The molecule has 2 aromatic carbocycles. The molecule has 3 rings (SSSR count). The van der Waals surface area contributed by atoms with Gasteiger partial charge in [0.15, 0.2) is 0 Å². The highest BCUT2D eigenvalue weighted by Crippen LogP contribution is 2.24. The summed E-state index contributed by atoms with van der Waals surface area (Å²) in [6.07, 6.45) is 1.79. The zero-order valence-corrected chi connectivity index (χ0v) is 13.4. The first-order valence-electron chi connectivity index (χ1n) is 7.31. The number of thioether (sulfide) groups is 1. The summed E-state index contributed by atoms with van der Waals surface area (Å²) in [5, 5.41) is 2.92. The van der Waals surface area contributed by atoms with Crippen LogP contribution in [0, 0.1) is 0 Å². The van der Waals surface area contributed by atoms with Crippen molar-refractivity contribution in [3.05, 3.63) is 67.3 Å². The molecule has 1 heterocycles. The maximum atomic E-state index is 12.1. The number of para-hydroxylation sites is 3. The lowest BCUT2D eigenvalue weighted by Crippen LogP contribution is -2.17. The minimum absolute atomic E-state index is 0.0654. The number of nitrogens with one attached hydrogen (secondary N) is 1. The molecule has 0 fully saturated rings. The Morgan fingerprint density at radius 3 is 2.70 bits per heavy atom. The number of hydrogen-bond donors (Lipinski definition) is 1. The summed E-state index contributed by atoms with van der Waals surface area (Å²) >= 11 is 1.52. The van der Waals surface area contributed by atoms with E-state index in [1.165, 1.54) is 11.8 Å². The van der Waals surface area contributed by atoms with E-state index in [0.717, 1.165) is 22.5 Å². The molecule has 1 aromatic heterocycles. The maximum Gasteiger partial charge on any atom is 0.236 e. The van der Waals surface area contributed by atoms with E-state index in [-0.39, 0.29) is 5.91 Å². The number of imidazole rings is 1. The van der Waals surface area contributed by atoms with Crippen molar-refractivity contribution < 1.29 is 4.79 Å². The highest BCUT2D eigenvalue weighted by Gasteiger charge is 2.14. The summed E-state index contributed by atoms with van der Waals surface area (Å²) in [6.45, 7) is 3.66. The Hall–Kier alpha value is -2.53. The second kappa shape index (κ2) is 7.15. The Kier molecular flexibility index (Phi) is 4.78. The van der Waals surface area contributed by atoms with Gasteiger partial charge in [0.05, 0.1) is 16.8 Å². The van der Waals surface area contributed by atoms with Crippen molar-refractivity contribution in [2.45, 2.75) is 0 Å². The zero-order valence-electron chi connectivity index (χ0n) is 12.6. The van der Waals surface area contributed by atoms with Gasteiger partial charge in [-0.1, -0.05) is 36.4 Å². The molecule has 1 N–H and O–H groups in total. The molecule has 5 heteroatoms. The Bertz CT molecular complexity index is 827. The van der Waals surface area contributed by atoms with E-state index in [2.05, 4.69) is 16.9 Å². The summed E-state index contributed by atoms with van der Waals surface area (Å²) in [6, 6.07) is 17.7.